The summed E-state index contributed by atoms with van der Waals surface area (Å²) in [6.45, 7) is 4.72. The van der Waals surface area contributed by atoms with Gasteiger partial charge >= 0.3 is 0 Å². The third-order valence-corrected chi connectivity index (χ3v) is 2.74. The summed E-state index contributed by atoms with van der Waals surface area (Å²) in [6, 6.07) is 5.06. The smallest absolute Gasteiger partial charge is 0.241 e. The van der Waals surface area contributed by atoms with Gasteiger partial charge in [0.1, 0.15) is 0 Å². The van der Waals surface area contributed by atoms with Crippen molar-refractivity contribution in [3.63, 3.8) is 0 Å². The molecule has 0 heterocycles. The zero-order valence-corrected chi connectivity index (χ0v) is 11.9. The van der Waals surface area contributed by atoms with Crippen LogP contribution in [0.25, 0.3) is 0 Å². The van der Waals surface area contributed by atoms with Crippen LogP contribution in [0.1, 0.15) is 20.3 Å². The van der Waals surface area contributed by atoms with E-state index in [-0.39, 0.29) is 11.9 Å². The van der Waals surface area contributed by atoms with Crippen molar-refractivity contribution in [1.82, 2.24) is 5.32 Å². The summed E-state index contributed by atoms with van der Waals surface area (Å²) in [7, 11) is 3.14. The number of carbonyl (C=O) groups is 1. The highest BCUT2D eigenvalue weighted by atomic mass is 16.5. The van der Waals surface area contributed by atoms with Gasteiger partial charge in [-0.2, -0.15) is 0 Å². The van der Waals surface area contributed by atoms with E-state index < -0.39 is 0 Å². The first-order valence-corrected chi connectivity index (χ1v) is 6.38. The predicted octanol–water partition coefficient (Wildman–Crippen LogP) is 2.03. The lowest BCUT2D eigenvalue weighted by atomic mass is 10.2. The van der Waals surface area contributed by atoms with E-state index in [2.05, 4.69) is 17.6 Å². The van der Waals surface area contributed by atoms with E-state index in [4.69, 9.17) is 9.47 Å². The van der Waals surface area contributed by atoms with Crippen LogP contribution in [0.4, 0.5) is 5.69 Å². The Morgan fingerprint density at radius 1 is 1.26 bits per heavy atom. The highest BCUT2D eigenvalue weighted by Gasteiger charge is 2.13. The second kappa shape index (κ2) is 7.63. The predicted molar refractivity (Wildman–Crippen MR) is 75.9 cm³/mol. The molecule has 0 aliphatic rings. The van der Waals surface area contributed by atoms with E-state index in [0.717, 1.165) is 13.0 Å². The van der Waals surface area contributed by atoms with Crippen molar-refractivity contribution in [2.75, 3.05) is 26.1 Å². The van der Waals surface area contributed by atoms with Crippen molar-refractivity contribution in [3.05, 3.63) is 18.2 Å². The molecule has 1 rings (SSSR count). The molecule has 0 spiro atoms. The number of benzene rings is 1. The number of rotatable bonds is 7. The van der Waals surface area contributed by atoms with E-state index in [1.165, 1.54) is 0 Å². The van der Waals surface area contributed by atoms with E-state index in [9.17, 15) is 4.79 Å². The lowest BCUT2D eigenvalue weighted by molar-refractivity contribution is -0.117. The Morgan fingerprint density at radius 3 is 2.53 bits per heavy atom. The van der Waals surface area contributed by atoms with Crippen LogP contribution < -0.4 is 20.1 Å². The standard InChI is InChI=1S/C14H22N2O3/c1-5-8-15-10(2)14(17)16-11-6-7-12(18-3)13(9-11)19-4/h6-7,9-10,15H,5,8H2,1-4H3,(H,16,17). The normalized spacial score (nSPS) is 11.8. The molecule has 1 unspecified atom stereocenters. The molecule has 1 atom stereocenters. The summed E-state index contributed by atoms with van der Waals surface area (Å²) in [4.78, 5) is 11.9. The molecule has 0 bridgehead atoms. The molecule has 0 aromatic heterocycles. The molecule has 0 radical (unpaired) electrons. The van der Waals surface area contributed by atoms with Gasteiger partial charge in [-0.1, -0.05) is 6.92 Å². The number of nitrogens with one attached hydrogen (secondary N) is 2. The fourth-order valence-corrected chi connectivity index (χ4v) is 1.62. The van der Waals surface area contributed by atoms with Gasteiger partial charge < -0.3 is 20.1 Å². The van der Waals surface area contributed by atoms with Crippen LogP contribution in [-0.4, -0.2) is 32.7 Å². The second-order valence-corrected chi connectivity index (χ2v) is 4.23. The molecular weight excluding hydrogens is 244 g/mol. The molecule has 5 nitrogen and oxygen atoms in total. The average molecular weight is 266 g/mol. The largest absolute Gasteiger partial charge is 0.493 e. The van der Waals surface area contributed by atoms with Crippen molar-refractivity contribution in [2.45, 2.75) is 26.3 Å². The van der Waals surface area contributed by atoms with Crippen molar-refractivity contribution in [1.29, 1.82) is 0 Å². The highest BCUT2D eigenvalue weighted by Crippen LogP contribution is 2.29. The van der Waals surface area contributed by atoms with Crippen molar-refractivity contribution >= 4 is 11.6 Å². The van der Waals surface area contributed by atoms with Crippen LogP contribution in [0.2, 0.25) is 0 Å². The molecule has 1 aromatic carbocycles. The molecule has 0 saturated carbocycles. The maximum atomic E-state index is 11.9. The summed E-state index contributed by atoms with van der Waals surface area (Å²) >= 11 is 0. The Kier molecular flexibility index (Phi) is 6.15. The van der Waals surface area contributed by atoms with Gasteiger partial charge in [0.05, 0.1) is 20.3 Å². The topological polar surface area (TPSA) is 59.6 Å². The van der Waals surface area contributed by atoms with Crippen molar-refractivity contribution in [2.24, 2.45) is 0 Å². The maximum absolute atomic E-state index is 11.9. The van der Waals surface area contributed by atoms with Gasteiger partial charge in [-0.15, -0.1) is 0 Å². The third kappa shape index (κ3) is 4.44. The summed E-state index contributed by atoms with van der Waals surface area (Å²) < 4.78 is 10.3. The first-order chi connectivity index (χ1) is 9.12. The SMILES string of the molecule is CCCNC(C)C(=O)Nc1ccc(OC)c(OC)c1. The second-order valence-electron chi connectivity index (χ2n) is 4.23. The minimum absolute atomic E-state index is 0.0688. The quantitative estimate of drug-likeness (QED) is 0.793. The van der Waals surface area contributed by atoms with Crippen LogP contribution in [0.15, 0.2) is 18.2 Å². The Hall–Kier alpha value is -1.75. The van der Waals surface area contributed by atoms with Crippen LogP contribution in [0.3, 0.4) is 0 Å². The number of hydrogen-bond acceptors (Lipinski definition) is 4. The molecule has 19 heavy (non-hydrogen) atoms. The monoisotopic (exact) mass is 266 g/mol. The van der Waals surface area contributed by atoms with Crippen molar-refractivity contribution in [3.8, 4) is 11.5 Å². The molecule has 1 aromatic rings. The van der Waals surface area contributed by atoms with Crippen LogP contribution >= 0.6 is 0 Å². The molecule has 0 fully saturated rings. The molecule has 0 saturated heterocycles. The number of amides is 1. The zero-order chi connectivity index (χ0) is 14.3. The fraction of sp³-hybridized carbons (Fsp3) is 0.500. The Balaban J connectivity index is 2.69. The van der Waals surface area contributed by atoms with E-state index in [0.29, 0.717) is 17.2 Å². The molecule has 0 aliphatic heterocycles. The summed E-state index contributed by atoms with van der Waals surface area (Å²) in [5, 5.41) is 5.98. The Bertz CT molecular complexity index is 421. The van der Waals surface area contributed by atoms with Gasteiger partial charge in [-0.3, -0.25) is 4.79 Å². The lowest BCUT2D eigenvalue weighted by Crippen LogP contribution is -2.38. The fourth-order valence-electron chi connectivity index (χ4n) is 1.62. The van der Waals surface area contributed by atoms with Gasteiger partial charge in [-0.25, -0.2) is 0 Å². The number of carbonyl (C=O) groups excluding carboxylic acids is 1. The molecule has 0 aliphatic carbocycles. The van der Waals surface area contributed by atoms with Crippen molar-refractivity contribution < 1.29 is 14.3 Å². The summed E-state index contributed by atoms with van der Waals surface area (Å²) in [6.07, 6.45) is 0.994. The first-order valence-electron chi connectivity index (χ1n) is 6.38. The first kappa shape index (κ1) is 15.3. The number of hydrogen-bond donors (Lipinski definition) is 2. The van der Waals surface area contributed by atoms with E-state index in [1.807, 2.05) is 6.92 Å². The third-order valence-electron chi connectivity index (χ3n) is 2.74. The van der Waals surface area contributed by atoms with Crippen LogP contribution in [0.5, 0.6) is 11.5 Å². The van der Waals surface area contributed by atoms with E-state index >= 15 is 0 Å². The summed E-state index contributed by atoms with van der Waals surface area (Å²) in [5.74, 6) is 1.16. The number of methoxy groups -OCH3 is 2. The average Bonchev–Trinajstić information content (AvgIpc) is 2.44. The van der Waals surface area contributed by atoms with Crippen LogP contribution in [0, 0.1) is 0 Å². The molecule has 1 amide bonds. The van der Waals surface area contributed by atoms with Gasteiger partial charge in [-0.05, 0) is 32.0 Å². The zero-order valence-electron chi connectivity index (χ0n) is 11.9. The maximum Gasteiger partial charge on any atom is 0.241 e. The Labute approximate surface area is 114 Å². The van der Waals surface area contributed by atoms with Crippen LogP contribution in [-0.2, 0) is 4.79 Å². The highest BCUT2D eigenvalue weighted by molar-refractivity contribution is 5.94. The minimum Gasteiger partial charge on any atom is -0.493 e. The molecule has 106 valence electrons. The molecule has 2 N–H and O–H groups in total. The van der Waals surface area contributed by atoms with Gasteiger partial charge in [0.25, 0.3) is 0 Å². The van der Waals surface area contributed by atoms with E-state index in [1.54, 1.807) is 32.4 Å². The lowest BCUT2D eigenvalue weighted by Gasteiger charge is -2.14. The van der Waals surface area contributed by atoms with Gasteiger partial charge in [0.2, 0.25) is 5.91 Å². The molecule has 5 heteroatoms. The number of anilines is 1. The Morgan fingerprint density at radius 2 is 1.95 bits per heavy atom. The number of ether oxygens (including phenoxy) is 2. The summed E-state index contributed by atoms with van der Waals surface area (Å²) in [5.41, 5.74) is 0.688. The van der Waals surface area contributed by atoms with Gasteiger partial charge in [0.15, 0.2) is 11.5 Å². The molecular formula is C14H22N2O3. The minimum atomic E-state index is -0.229. The van der Waals surface area contributed by atoms with Gasteiger partial charge in [0, 0.05) is 11.8 Å².